The van der Waals surface area contributed by atoms with Crippen molar-refractivity contribution in [1.29, 1.82) is 0 Å². The summed E-state index contributed by atoms with van der Waals surface area (Å²) in [5.41, 5.74) is 0. The Morgan fingerprint density at radius 3 is 2.85 bits per heavy atom. The Balaban J connectivity index is 2.16. The molecule has 0 bridgehead atoms. The van der Waals surface area contributed by atoms with E-state index in [0.29, 0.717) is 9.90 Å². The first-order chi connectivity index (χ1) is 6.20. The highest BCUT2D eigenvalue weighted by molar-refractivity contribution is 7.12. The minimum atomic E-state index is -0.837. The largest absolute Gasteiger partial charge is 0.385 e. The summed E-state index contributed by atoms with van der Waals surface area (Å²) >= 11 is 7.07. The van der Waals surface area contributed by atoms with Crippen molar-refractivity contribution in [1.82, 2.24) is 0 Å². The normalized spacial score (nSPS) is 18.6. The molecule has 2 rings (SSSR count). The molecule has 0 amide bonds. The maximum absolute atomic E-state index is 11.6. The van der Waals surface area contributed by atoms with E-state index in [2.05, 4.69) is 0 Å². The summed E-state index contributed by atoms with van der Waals surface area (Å²) in [5, 5.41) is 11.8. The molecule has 0 saturated heterocycles. The van der Waals surface area contributed by atoms with Gasteiger partial charge in [-0.25, -0.2) is 0 Å². The van der Waals surface area contributed by atoms with Crippen LogP contribution in [0.2, 0.25) is 5.02 Å². The zero-order valence-corrected chi connectivity index (χ0v) is 8.44. The van der Waals surface area contributed by atoms with E-state index in [1.807, 2.05) is 0 Å². The third-order valence-corrected chi connectivity index (χ3v) is 3.53. The molecule has 1 aliphatic rings. The van der Waals surface area contributed by atoms with Crippen LogP contribution in [0, 0.1) is 5.92 Å². The van der Waals surface area contributed by atoms with E-state index >= 15 is 0 Å². The van der Waals surface area contributed by atoms with Crippen molar-refractivity contribution < 1.29 is 9.90 Å². The van der Waals surface area contributed by atoms with Crippen LogP contribution < -0.4 is 0 Å². The van der Waals surface area contributed by atoms with Crippen LogP contribution in [0.5, 0.6) is 0 Å². The van der Waals surface area contributed by atoms with Crippen molar-refractivity contribution in [3.05, 3.63) is 21.3 Å². The molecular weight excluding hydrogens is 208 g/mol. The number of carbonyl (C=O) groups excluding carboxylic acids is 1. The Morgan fingerprint density at radius 1 is 1.69 bits per heavy atom. The minimum absolute atomic E-state index is 0.172. The average Bonchev–Trinajstić information content (AvgIpc) is 2.87. The lowest BCUT2D eigenvalue weighted by molar-refractivity contribution is 0.0708. The third-order valence-electron chi connectivity index (χ3n) is 2.18. The van der Waals surface area contributed by atoms with E-state index in [9.17, 15) is 9.90 Å². The highest BCUT2D eigenvalue weighted by Gasteiger charge is 2.35. The maximum atomic E-state index is 11.6. The number of hydrogen-bond donors (Lipinski definition) is 1. The van der Waals surface area contributed by atoms with E-state index in [4.69, 9.17) is 11.6 Å². The zero-order valence-electron chi connectivity index (χ0n) is 6.87. The van der Waals surface area contributed by atoms with Crippen molar-refractivity contribution >= 4 is 28.7 Å². The molecule has 1 unspecified atom stereocenters. The molecule has 1 aliphatic carbocycles. The van der Waals surface area contributed by atoms with Gasteiger partial charge in [0.2, 0.25) is 5.78 Å². The fraction of sp³-hybridized carbons (Fsp3) is 0.444. The van der Waals surface area contributed by atoms with Gasteiger partial charge in [0.05, 0.1) is 9.90 Å². The van der Waals surface area contributed by atoms with Gasteiger partial charge in [-0.15, -0.1) is 11.3 Å². The van der Waals surface area contributed by atoms with Crippen LogP contribution in [0.15, 0.2) is 11.4 Å². The summed E-state index contributed by atoms with van der Waals surface area (Å²) in [6.45, 7) is 0. The van der Waals surface area contributed by atoms with Crippen LogP contribution in [0.1, 0.15) is 22.5 Å². The SMILES string of the molecule is O=C(c1sccc1Cl)C(O)C1CC1. The lowest BCUT2D eigenvalue weighted by atomic mass is 10.1. The zero-order chi connectivity index (χ0) is 9.42. The summed E-state index contributed by atoms with van der Waals surface area (Å²) < 4.78 is 0. The van der Waals surface area contributed by atoms with Gasteiger partial charge in [0.25, 0.3) is 0 Å². The fourth-order valence-corrected chi connectivity index (χ4v) is 2.35. The van der Waals surface area contributed by atoms with E-state index in [1.54, 1.807) is 11.4 Å². The van der Waals surface area contributed by atoms with Crippen LogP contribution in [0.4, 0.5) is 0 Å². The average molecular weight is 217 g/mol. The van der Waals surface area contributed by atoms with E-state index in [1.165, 1.54) is 11.3 Å². The van der Waals surface area contributed by atoms with Crippen molar-refractivity contribution in [3.8, 4) is 0 Å². The van der Waals surface area contributed by atoms with Gasteiger partial charge in [-0.2, -0.15) is 0 Å². The first-order valence-corrected chi connectivity index (χ1v) is 5.41. The number of Topliss-reactive ketones (excluding diaryl/α,β-unsaturated/α-hetero) is 1. The number of hydrogen-bond acceptors (Lipinski definition) is 3. The van der Waals surface area contributed by atoms with Gasteiger partial charge in [0.1, 0.15) is 6.10 Å². The predicted octanol–water partition coefficient (Wildman–Crippen LogP) is 2.36. The minimum Gasteiger partial charge on any atom is -0.385 e. The molecule has 70 valence electrons. The van der Waals surface area contributed by atoms with Crippen molar-refractivity contribution in [3.63, 3.8) is 0 Å². The summed E-state index contributed by atoms with van der Waals surface area (Å²) in [6.07, 6.45) is 1.07. The Kier molecular flexibility index (Phi) is 2.41. The van der Waals surface area contributed by atoms with Crippen LogP contribution >= 0.6 is 22.9 Å². The summed E-state index contributed by atoms with van der Waals surface area (Å²) in [6, 6.07) is 1.68. The smallest absolute Gasteiger partial charge is 0.202 e. The van der Waals surface area contributed by atoms with E-state index in [0.717, 1.165) is 12.8 Å². The predicted molar refractivity (Wildman–Crippen MR) is 52.4 cm³/mol. The Hall–Kier alpha value is -0.380. The van der Waals surface area contributed by atoms with Crippen LogP contribution in [-0.4, -0.2) is 17.0 Å². The Morgan fingerprint density at radius 2 is 2.38 bits per heavy atom. The quantitative estimate of drug-likeness (QED) is 0.788. The van der Waals surface area contributed by atoms with Crippen LogP contribution in [0.25, 0.3) is 0 Å². The second-order valence-electron chi connectivity index (χ2n) is 3.24. The second kappa shape index (κ2) is 3.40. The monoisotopic (exact) mass is 216 g/mol. The highest BCUT2D eigenvalue weighted by Crippen LogP contribution is 2.35. The van der Waals surface area contributed by atoms with Crippen molar-refractivity contribution in [2.75, 3.05) is 0 Å². The molecule has 1 heterocycles. The van der Waals surface area contributed by atoms with Gasteiger partial charge < -0.3 is 5.11 Å². The second-order valence-corrected chi connectivity index (χ2v) is 4.57. The number of carbonyl (C=O) groups is 1. The summed E-state index contributed by atoms with van der Waals surface area (Å²) in [7, 11) is 0. The molecule has 1 atom stereocenters. The fourth-order valence-electron chi connectivity index (χ4n) is 1.23. The Labute approximate surface area is 85.1 Å². The molecule has 0 aliphatic heterocycles. The van der Waals surface area contributed by atoms with E-state index < -0.39 is 6.10 Å². The number of thiophene rings is 1. The van der Waals surface area contributed by atoms with Crippen LogP contribution in [-0.2, 0) is 0 Å². The molecule has 1 saturated carbocycles. The van der Waals surface area contributed by atoms with Gasteiger partial charge in [0, 0.05) is 0 Å². The molecule has 0 spiro atoms. The number of aliphatic hydroxyl groups excluding tert-OH is 1. The number of ketones is 1. The number of halogens is 1. The first-order valence-electron chi connectivity index (χ1n) is 4.15. The van der Waals surface area contributed by atoms with Gasteiger partial charge in [-0.3, -0.25) is 4.79 Å². The van der Waals surface area contributed by atoms with Crippen molar-refractivity contribution in [2.45, 2.75) is 18.9 Å². The lowest BCUT2D eigenvalue weighted by Gasteiger charge is -2.05. The molecule has 1 aromatic rings. The van der Waals surface area contributed by atoms with Gasteiger partial charge in [-0.05, 0) is 30.2 Å². The molecule has 0 aromatic carbocycles. The molecule has 1 aromatic heterocycles. The molecule has 1 fully saturated rings. The van der Waals surface area contributed by atoms with E-state index in [-0.39, 0.29) is 11.7 Å². The highest BCUT2D eigenvalue weighted by atomic mass is 35.5. The molecule has 4 heteroatoms. The summed E-state index contributed by atoms with van der Waals surface area (Å²) in [5.74, 6) is -0.0480. The number of rotatable bonds is 3. The van der Waals surface area contributed by atoms with Gasteiger partial charge in [-0.1, -0.05) is 11.6 Å². The molecule has 2 nitrogen and oxygen atoms in total. The first kappa shape index (κ1) is 9.19. The van der Waals surface area contributed by atoms with Crippen molar-refractivity contribution in [2.24, 2.45) is 5.92 Å². The lowest BCUT2D eigenvalue weighted by Crippen LogP contribution is -2.21. The van der Waals surface area contributed by atoms with Crippen LogP contribution in [0.3, 0.4) is 0 Å². The third kappa shape index (κ3) is 1.77. The number of aliphatic hydroxyl groups is 1. The Bertz CT molecular complexity index is 330. The molecule has 13 heavy (non-hydrogen) atoms. The molecule has 1 N–H and O–H groups in total. The van der Waals surface area contributed by atoms with Gasteiger partial charge >= 0.3 is 0 Å². The standard InChI is InChI=1S/C9H9ClO2S/c10-6-3-4-13-9(6)8(12)7(11)5-1-2-5/h3-5,7,11H,1-2H2. The topological polar surface area (TPSA) is 37.3 Å². The maximum Gasteiger partial charge on any atom is 0.202 e. The summed E-state index contributed by atoms with van der Waals surface area (Å²) in [4.78, 5) is 12.1. The molecule has 0 radical (unpaired) electrons. The van der Waals surface area contributed by atoms with Gasteiger partial charge in [0.15, 0.2) is 0 Å². The molecular formula is C9H9ClO2S.